The Morgan fingerprint density at radius 3 is 2.86 bits per heavy atom. The zero-order chi connectivity index (χ0) is 10.6. The van der Waals surface area contributed by atoms with Gasteiger partial charge in [-0.15, -0.1) is 0 Å². The second-order valence-corrected chi connectivity index (χ2v) is 5.06. The van der Waals surface area contributed by atoms with E-state index in [4.69, 9.17) is 9.89 Å². The summed E-state index contributed by atoms with van der Waals surface area (Å²) in [6.45, 7) is 1.64. The zero-order valence-electron chi connectivity index (χ0n) is 7.99. The average Bonchev–Trinajstić information content (AvgIpc) is 2.17. The van der Waals surface area contributed by atoms with Gasteiger partial charge in [0, 0.05) is 11.4 Å². The molecule has 0 aliphatic heterocycles. The third-order valence-corrected chi connectivity index (χ3v) is 3.18. The van der Waals surface area contributed by atoms with Gasteiger partial charge in [-0.2, -0.15) is 0 Å². The predicted molar refractivity (Wildman–Crippen MR) is 57.4 cm³/mol. The third kappa shape index (κ3) is 3.01. The molecule has 14 heavy (non-hydrogen) atoms. The molecular weight excluding hydrogens is 200 g/mol. The maximum atomic E-state index is 11.4. The highest BCUT2D eigenvalue weighted by molar-refractivity contribution is 7.93. The summed E-state index contributed by atoms with van der Waals surface area (Å²) in [5.74, 6) is 0.260. The van der Waals surface area contributed by atoms with Crippen molar-refractivity contribution in [3.8, 4) is 0 Å². The molecule has 0 spiro atoms. The predicted octanol–water partition coefficient (Wildman–Crippen LogP) is 1.57. The van der Waals surface area contributed by atoms with Crippen LogP contribution in [0.5, 0.6) is 0 Å². The summed E-state index contributed by atoms with van der Waals surface area (Å²) in [7, 11) is -2.73. The van der Waals surface area contributed by atoms with E-state index in [1.807, 2.05) is 0 Å². The van der Waals surface area contributed by atoms with E-state index in [9.17, 15) is 4.21 Å². The zero-order valence-corrected chi connectivity index (χ0v) is 8.80. The molecule has 0 saturated carbocycles. The first-order chi connectivity index (χ1) is 6.57. The molecule has 0 saturated heterocycles. The van der Waals surface area contributed by atoms with Crippen molar-refractivity contribution >= 4 is 15.6 Å². The molecule has 5 heteroatoms. The Labute approximate surface area is 84.1 Å². The van der Waals surface area contributed by atoms with Gasteiger partial charge in [0.25, 0.3) is 0 Å². The molecular formula is C9H14N2O2S. The number of hydrogen-bond acceptors (Lipinski definition) is 3. The second kappa shape index (κ2) is 4.43. The maximum absolute atomic E-state index is 11.4. The van der Waals surface area contributed by atoms with Gasteiger partial charge in [-0.25, -0.2) is 8.99 Å². The van der Waals surface area contributed by atoms with Crippen LogP contribution in [0.25, 0.3) is 0 Å². The van der Waals surface area contributed by atoms with Gasteiger partial charge >= 0.3 is 0 Å². The number of rotatable bonds is 4. The van der Waals surface area contributed by atoms with E-state index in [0.29, 0.717) is 5.69 Å². The Morgan fingerprint density at radius 2 is 2.29 bits per heavy atom. The third-order valence-electron chi connectivity index (χ3n) is 1.80. The Morgan fingerprint density at radius 1 is 1.57 bits per heavy atom. The van der Waals surface area contributed by atoms with Crippen LogP contribution in [0.4, 0.5) is 5.69 Å². The van der Waals surface area contributed by atoms with Crippen LogP contribution in [0.3, 0.4) is 0 Å². The molecule has 0 fully saturated rings. The summed E-state index contributed by atoms with van der Waals surface area (Å²) in [6, 6.07) is 6.93. The number of aliphatic hydroxyl groups excluding tert-OH is 1. The molecule has 0 aliphatic carbocycles. The van der Waals surface area contributed by atoms with Gasteiger partial charge in [-0.05, 0) is 17.7 Å². The molecule has 1 rings (SSSR count). The monoisotopic (exact) mass is 214 g/mol. The minimum absolute atomic E-state index is 0.0547. The summed E-state index contributed by atoms with van der Waals surface area (Å²) in [6.07, 6.45) is 0. The fourth-order valence-corrected chi connectivity index (χ4v) is 1.65. The van der Waals surface area contributed by atoms with Crippen LogP contribution in [-0.2, 0) is 16.5 Å². The van der Waals surface area contributed by atoms with Crippen LogP contribution in [0.1, 0.15) is 12.5 Å². The summed E-state index contributed by atoms with van der Waals surface area (Å²) in [5.41, 5.74) is 1.35. The number of aliphatic hydroxyl groups is 1. The SMILES string of the molecule is CCS(=N)(=O)Nc1cccc(CO)c1. The Hall–Kier alpha value is -1.07. The van der Waals surface area contributed by atoms with Crippen molar-refractivity contribution < 1.29 is 9.32 Å². The smallest absolute Gasteiger partial charge is 0.126 e. The van der Waals surface area contributed by atoms with Crippen molar-refractivity contribution in [3.05, 3.63) is 29.8 Å². The van der Waals surface area contributed by atoms with Crippen molar-refractivity contribution in [3.63, 3.8) is 0 Å². The molecule has 4 nitrogen and oxygen atoms in total. The van der Waals surface area contributed by atoms with Crippen LogP contribution in [-0.4, -0.2) is 15.1 Å². The quantitative estimate of drug-likeness (QED) is 0.711. The molecule has 1 unspecified atom stereocenters. The molecule has 0 bridgehead atoms. The molecule has 3 N–H and O–H groups in total. The van der Waals surface area contributed by atoms with E-state index in [0.717, 1.165) is 5.56 Å². The lowest BCUT2D eigenvalue weighted by Gasteiger charge is -2.09. The van der Waals surface area contributed by atoms with E-state index < -0.39 is 9.92 Å². The standard InChI is InChI=1S/C9H14N2O2S/c1-2-14(10,13)11-9-5-3-4-8(6-9)7-12/h3-6,12H,2,7H2,1H3,(H2,10,11,13). The average molecular weight is 214 g/mol. The van der Waals surface area contributed by atoms with Gasteiger partial charge in [0.05, 0.1) is 6.61 Å². The topological polar surface area (TPSA) is 73.2 Å². The first-order valence-electron chi connectivity index (χ1n) is 4.31. The number of nitrogens with one attached hydrogen (secondary N) is 2. The van der Waals surface area contributed by atoms with E-state index >= 15 is 0 Å². The van der Waals surface area contributed by atoms with Gasteiger partial charge in [0.2, 0.25) is 0 Å². The molecule has 0 radical (unpaired) electrons. The number of anilines is 1. The van der Waals surface area contributed by atoms with Gasteiger partial charge in [0.1, 0.15) is 9.92 Å². The Balaban J connectivity index is 2.87. The van der Waals surface area contributed by atoms with E-state index in [1.165, 1.54) is 0 Å². The fourth-order valence-electron chi connectivity index (χ4n) is 0.996. The van der Waals surface area contributed by atoms with Crippen molar-refractivity contribution in [2.75, 3.05) is 10.5 Å². The molecule has 0 amide bonds. The summed E-state index contributed by atoms with van der Waals surface area (Å²) < 4.78 is 21.4. The fraction of sp³-hybridized carbons (Fsp3) is 0.333. The van der Waals surface area contributed by atoms with E-state index in [1.54, 1.807) is 31.2 Å². The van der Waals surface area contributed by atoms with E-state index in [2.05, 4.69) is 4.72 Å². The molecule has 1 atom stereocenters. The van der Waals surface area contributed by atoms with Crippen molar-refractivity contribution in [1.82, 2.24) is 0 Å². The van der Waals surface area contributed by atoms with Crippen molar-refractivity contribution in [2.45, 2.75) is 13.5 Å². The summed E-state index contributed by atoms with van der Waals surface area (Å²) >= 11 is 0. The Bertz CT molecular complexity index is 401. The van der Waals surface area contributed by atoms with Crippen LogP contribution >= 0.6 is 0 Å². The molecule has 0 aromatic heterocycles. The van der Waals surface area contributed by atoms with E-state index in [-0.39, 0.29) is 12.4 Å². The van der Waals surface area contributed by atoms with Crippen LogP contribution < -0.4 is 4.72 Å². The molecule has 0 aliphatic rings. The normalized spacial score (nSPS) is 14.7. The highest BCUT2D eigenvalue weighted by Gasteiger charge is 2.02. The van der Waals surface area contributed by atoms with Crippen LogP contribution in [0.15, 0.2) is 24.3 Å². The first-order valence-corrected chi connectivity index (χ1v) is 6.04. The molecule has 0 heterocycles. The van der Waals surface area contributed by atoms with Crippen LogP contribution in [0, 0.1) is 4.78 Å². The lowest BCUT2D eigenvalue weighted by atomic mass is 10.2. The van der Waals surface area contributed by atoms with Gasteiger partial charge < -0.3 is 5.11 Å². The number of hydrogen-bond donors (Lipinski definition) is 3. The van der Waals surface area contributed by atoms with Gasteiger partial charge in [0.15, 0.2) is 0 Å². The largest absolute Gasteiger partial charge is 0.392 e. The van der Waals surface area contributed by atoms with Crippen molar-refractivity contribution in [1.29, 1.82) is 4.78 Å². The lowest BCUT2D eigenvalue weighted by Crippen LogP contribution is -2.12. The molecule has 1 aromatic carbocycles. The Kier molecular flexibility index (Phi) is 3.49. The summed E-state index contributed by atoms with van der Waals surface area (Å²) in [5, 5.41) is 8.87. The first kappa shape index (κ1) is 11.0. The molecule has 78 valence electrons. The minimum atomic E-state index is -2.73. The number of benzene rings is 1. The van der Waals surface area contributed by atoms with Gasteiger partial charge in [-0.1, -0.05) is 19.1 Å². The van der Waals surface area contributed by atoms with Crippen molar-refractivity contribution in [2.24, 2.45) is 0 Å². The maximum Gasteiger partial charge on any atom is 0.126 e. The summed E-state index contributed by atoms with van der Waals surface area (Å²) in [4.78, 5) is 0. The van der Waals surface area contributed by atoms with Gasteiger partial charge in [-0.3, -0.25) is 4.72 Å². The lowest BCUT2D eigenvalue weighted by molar-refractivity contribution is 0.282. The molecule has 1 aromatic rings. The van der Waals surface area contributed by atoms with Crippen LogP contribution in [0.2, 0.25) is 0 Å². The minimum Gasteiger partial charge on any atom is -0.392 e. The highest BCUT2D eigenvalue weighted by Crippen LogP contribution is 2.12. The highest BCUT2D eigenvalue weighted by atomic mass is 32.2. The second-order valence-electron chi connectivity index (χ2n) is 2.92.